The largest absolute Gasteiger partial charge is 0.500 e. The molecule has 0 atom stereocenters. The van der Waals surface area contributed by atoms with Crippen molar-refractivity contribution in [2.24, 2.45) is 16.2 Å². The molecule has 4 heterocycles. The summed E-state index contributed by atoms with van der Waals surface area (Å²) in [4.78, 5) is 8.89. The molecular formula is C55H56IrN2O2-2. The first-order valence-electron chi connectivity index (χ1n) is 25.8. The molecule has 0 aliphatic carbocycles. The Morgan fingerprint density at radius 1 is 0.600 bits per heavy atom. The summed E-state index contributed by atoms with van der Waals surface area (Å²) in [5, 5.41) is 5.64. The molecule has 0 aliphatic rings. The van der Waals surface area contributed by atoms with Crippen LogP contribution >= 0.6 is 0 Å². The van der Waals surface area contributed by atoms with Gasteiger partial charge in [0.15, 0.2) is 0 Å². The van der Waals surface area contributed by atoms with Crippen LogP contribution in [0.15, 0.2) is 112 Å². The summed E-state index contributed by atoms with van der Waals surface area (Å²) in [6.07, 6.45) is -2.92. The molecule has 0 unspecified atom stereocenters. The van der Waals surface area contributed by atoms with Gasteiger partial charge in [-0.2, -0.15) is 0 Å². The van der Waals surface area contributed by atoms with Crippen LogP contribution in [0.3, 0.4) is 0 Å². The minimum Gasteiger partial charge on any atom is -0.500 e. The van der Waals surface area contributed by atoms with Crippen LogP contribution in [0.2, 0.25) is 0 Å². The molecule has 0 aliphatic heterocycles. The van der Waals surface area contributed by atoms with Crippen molar-refractivity contribution in [3.05, 3.63) is 143 Å². The van der Waals surface area contributed by atoms with E-state index in [1.165, 1.54) is 24.5 Å². The van der Waals surface area contributed by atoms with Crippen LogP contribution in [0.4, 0.5) is 0 Å². The molecule has 309 valence electrons. The molecule has 5 heteroatoms. The average molecular weight is 981 g/mol. The van der Waals surface area contributed by atoms with Gasteiger partial charge in [-0.1, -0.05) is 134 Å². The Balaban J connectivity index is 0.000000220. The number of nitrogens with zero attached hydrogens (tertiary/aromatic N) is 2. The molecule has 9 rings (SSSR count). The van der Waals surface area contributed by atoms with E-state index >= 15 is 0 Å². The minimum atomic E-state index is -2.52. The first kappa shape index (κ1) is 30.0. The molecule has 4 aromatic heterocycles. The first-order valence-corrected chi connectivity index (χ1v) is 19.8. The molecule has 0 bridgehead atoms. The fourth-order valence-corrected chi connectivity index (χ4v) is 7.27. The van der Waals surface area contributed by atoms with Gasteiger partial charge in [0.05, 0.1) is 11.0 Å². The molecule has 0 N–H and O–H groups in total. The second-order valence-electron chi connectivity index (χ2n) is 18.1. The summed E-state index contributed by atoms with van der Waals surface area (Å²) in [6.45, 7) is 11.2. The van der Waals surface area contributed by atoms with E-state index in [-0.39, 0.29) is 47.9 Å². The molecule has 9 aromatic rings. The van der Waals surface area contributed by atoms with E-state index in [2.05, 4.69) is 40.3 Å². The summed E-state index contributed by atoms with van der Waals surface area (Å²) in [6, 6.07) is 33.6. The number of para-hydroxylation sites is 1. The number of furan rings is 2. The Hall–Kier alpha value is -5.09. The van der Waals surface area contributed by atoms with Crippen molar-refractivity contribution in [1.82, 2.24) is 9.97 Å². The van der Waals surface area contributed by atoms with Gasteiger partial charge in [-0.05, 0) is 87.8 Å². The normalized spacial score (nSPS) is 16.4. The third-order valence-electron chi connectivity index (χ3n) is 9.61. The topological polar surface area (TPSA) is 52.1 Å². The van der Waals surface area contributed by atoms with Crippen molar-refractivity contribution in [2.75, 3.05) is 0 Å². The van der Waals surface area contributed by atoms with Crippen molar-refractivity contribution < 1.29 is 45.4 Å². The van der Waals surface area contributed by atoms with E-state index in [9.17, 15) is 0 Å². The van der Waals surface area contributed by atoms with Crippen LogP contribution in [-0.2, 0) is 39.2 Å². The van der Waals surface area contributed by atoms with Crippen LogP contribution in [0.5, 0.6) is 0 Å². The van der Waals surface area contributed by atoms with Crippen LogP contribution in [0.1, 0.15) is 107 Å². The van der Waals surface area contributed by atoms with Gasteiger partial charge in [-0.25, -0.2) is 0 Å². The number of hydrogen-bond donors (Lipinski definition) is 0. The molecule has 0 saturated carbocycles. The summed E-state index contributed by atoms with van der Waals surface area (Å²) in [5.41, 5.74) is 2.83. The van der Waals surface area contributed by atoms with Gasteiger partial charge in [0.1, 0.15) is 16.7 Å². The van der Waals surface area contributed by atoms with Crippen molar-refractivity contribution in [1.29, 1.82) is 0 Å². The van der Waals surface area contributed by atoms with Crippen molar-refractivity contribution in [3.63, 3.8) is 0 Å². The predicted molar refractivity (Wildman–Crippen MR) is 248 cm³/mol. The first-order chi connectivity index (χ1) is 32.7. The summed E-state index contributed by atoms with van der Waals surface area (Å²) >= 11 is 0. The second kappa shape index (κ2) is 16.4. The number of benzene rings is 5. The van der Waals surface area contributed by atoms with E-state index in [1.54, 1.807) is 86.6 Å². The Morgan fingerprint density at radius 2 is 1.23 bits per heavy atom. The van der Waals surface area contributed by atoms with Crippen LogP contribution < -0.4 is 0 Å². The second-order valence-corrected chi connectivity index (χ2v) is 18.1. The number of hydrogen-bond acceptors (Lipinski definition) is 4. The van der Waals surface area contributed by atoms with Crippen molar-refractivity contribution >= 4 is 54.6 Å². The monoisotopic (exact) mass is 981 g/mol. The molecule has 0 spiro atoms. The zero-order valence-corrected chi connectivity index (χ0v) is 37.8. The predicted octanol–water partition coefficient (Wildman–Crippen LogP) is 15.4. The van der Waals surface area contributed by atoms with E-state index in [0.29, 0.717) is 33.7 Å². The van der Waals surface area contributed by atoms with Crippen LogP contribution in [-0.4, -0.2) is 9.97 Å². The van der Waals surface area contributed by atoms with E-state index in [1.807, 2.05) is 36.4 Å². The molecule has 1 radical (unpaired) electrons. The Labute approximate surface area is 386 Å². The smallest absolute Gasteiger partial charge is 0.146 e. The fraction of sp³-hybridized carbons (Fsp3) is 0.309. The van der Waals surface area contributed by atoms with Gasteiger partial charge < -0.3 is 18.8 Å². The van der Waals surface area contributed by atoms with Gasteiger partial charge in [0, 0.05) is 65.1 Å². The number of pyridine rings is 2. The summed E-state index contributed by atoms with van der Waals surface area (Å²) in [5.74, 6) is 0. The van der Waals surface area contributed by atoms with Gasteiger partial charge >= 0.3 is 0 Å². The molecule has 0 amide bonds. The zero-order valence-electron chi connectivity index (χ0n) is 47.4. The van der Waals surface area contributed by atoms with Crippen molar-refractivity contribution in [2.45, 2.75) is 95.1 Å². The zero-order chi connectivity index (χ0) is 52.2. The minimum absolute atomic E-state index is 0. The fourth-order valence-electron chi connectivity index (χ4n) is 7.27. The van der Waals surface area contributed by atoms with Gasteiger partial charge in [0.25, 0.3) is 0 Å². The Morgan fingerprint density at radius 3 is 1.92 bits per heavy atom. The maximum atomic E-state index is 8.91. The van der Waals surface area contributed by atoms with Crippen LogP contribution in [0, 0.1) is 42.1 Å². The Kier molecular flexibility index (Phi) is 8.21. The Bertz CT molecular complexity index is 3500. The third kappa shape index (κ3) is 9.14. The maximum absolute atomic E-state index is 8.91. The third-order valence-corrected chi connectivity index (χ3v) is 9.61. The number of aromatic nitrogens is 2. The molecule has 5 aromatic carbocycles. The van der Waals surface area contributed by atoms with Crippen molar-refractivity contribution in [3.8, 4) is 22.5 Å². The number of aryl methyl sites for hydroxylation is 2. The van der Waals surface area contributed by atoms with Gasteiger partial charge in [-0.3, -0.25) is 0 Å². The molecule has 60 heavy (non-hydrogen) atoms. The van der Waals surface area contributed by atoms with Gasteiger partial charge in [0.2, 0.25) is 0 Å². The number of rotatable bonds is 5. The number of fused-ring (bicyclic) bond motifs is 9. The molecule has 0 fully saturated rings. The summed E-state index contributed by atoms with van der Waals surface area (Å²) in [7, 11) is 0. The maximum Gasteiger partial charge on any atom is 0.146 e. The standard InChI is InChI=1S/C33H26NO2.C22H30N.Ir/c1-19-18-34-27(16-21(19)17-33(2,3)4)26-10-7-9-23-25-15-13-20-12-14-24-22-8-5-6-11-28(22)35-31(24)29(20)32(25)36-30(23)26;1-16-8-10-17(11-9-16)20-12-18(13-21(2,3)4)19(15-23-20)14-22(5,6)7;/h5-9,11-16,18H,17H2,1-4H3;8-10,12,15H,13-14H2,1-7H3;/q2*-1;/i1D3,17D2;1D3,13D2,14D2;. The summed E-state index contributed by atoms with van der Waals surface area (Å²) < 4.78 is 112. The van der Waals surface area contributed by atoms with Crippen LogP contribution in [0.25, 0.3) is 77.2 Å². The molecule has 4 nitrogen and oxygen atoms in total. The quantitative estimate of drug-likeness (QED) is 0.161. The van der Waals surface area contributed by atoms with E-state index < -0.39 is 49.1 Å². The SMILES string of the molecule is [2H]C([2H])([2H])c1c[c-]c(-c2cc(C([2H])([2H])C(C)(C)C)c(C([2H])([2H])C(C)(C)C)cn2)cc1.[2H]C([2H])([2H])c1cnc(-c2[c-]ccc3c2oc2c3ccc3ccc4c5ccccc5oc4c32)cc1C([2H])([2H])C(C)(C)C.[Ir]. The van der Waals surface area contributed by atoms with E-state index in [4.69, 9.17) is 25.3 Å². The molecule has 0 saturated heterocycles. The van der Waals surface area contributed by atoms with Gasteiger partial charge in [-0.15, -0.1) is 53.6 Å². The van der Waals surface area contributed by atoms with E-state index in [0.717, 1.165) is 43.5 Å². The average Bonchev–Trinajstić information content (AvgIpc) is 3.86. The molecular weight excluding hydrogens is 913 g/mol.